The largest absolute Gasteiger partial charge is 0.383 e. The molecule has 2 fully saturated rings. The molecule has 3 N–H and O–H groups in total. The molecule has 0 radical (unpaired) electrons. The molecule has 1 aliphatic carbocycles. The van der Waals surface area contributed by atoms with Crippen LogP contribution in [0.15, 0.2) is 85.1 Å². The van der Waals surface area contributed by atoms with Crippen LogP contribution >= 0.6 is 0 Å². The lowest BCUT2D eigenvalue weighted by Crippen LogP contribution is -2.46. The fourth-order valence-electron chi connectivity index (χ4n) is 8.03. The first-order valence-electron chi connectivity index (χ1n) is 19.6. The summed E-state index contributed by atoms with van der Waals surface area (Å²) in [4.78, 5) is 62.7. The van der Waals surface area contributed by atoms with Crippen molar-refractivity contribution in [3.8, 4) is 11.3 Å². The van der Waals surface area contributed by atoms with Crippen molar-refractivity contribution in [2.45, 2.75) is 57.4 Å². The Balaban J connectivity index is 1.11. The van der Waals surface area contributed by atoms with Crippen molar-refractivity contribution in [2.24, 2.45) is 5.92 Å². The Morgan fingerprint density at radius 2 is 1.62 bits per heavy atom. The Hall–Kier alpha value is -5.55. The number of carbonyl (C=O) groups is 4. The lowest BCUT2D eigenvalue weighted by molar-refractivity contribution is -0.126. The lowest BCUT2D eigenvalue weighted by Gasteiger charge is -2.32. The molecule has 0 spiro atoms. The number of ether oxygens (including phenoxy) is 1. The molecule has 3 aromatic carbocycles. The molecule has 2 saturated heterocycles. The van der Waals surface area contributed by atoms with E-state index in [2.05, 4.69) is 33.0 Å². The number of nitrogens with zero attached hydrogens (tertiary/aromatic N) is 3. The second kappa shape index (κ2) is 17.7. The number of fused-ring (bicyclic) bond motifs is 1. The molecule has 1 aromatic heterocycles. The van der Waals surface area contributed by atoms with Crippen LogP contribution in [0.25, 0.3) is 11.3 Å². The summed E-state index contributed by atoms with van der Waals surface area (Å²) in [6, 6.07) is 24.4. The van der Waals surface area contributed by atoms with Crippen LogP contribution in [0, 0.1) is 5.92 Å². The van der Waals surface area contributed by atoms with E-state index in [1.54, 1.807) is 54.6 Å². The number of aromatic nitrogens is 1. The first-order chi connectivity index (χ1) is 26.9. The molecule has 55 heavy (non-hydrogen) atoms. The van der Waals surface area contributed by atoms with Gasteiger partial charge in [-0.3, -0.25) is 24.2 Å². The van der Waals surface area contributed by atoms with Crippen LogP contribution in [-0.4, -0.2) is 80.0 Å². The molecule has 11 heteroatoms. The minimum atomic E-state index is -0.375. The maximum absolute atomic E-state index is 13.9. The number of piperidine rings is 2. The second-order valence-electron chi connectivity index (χ2n) is 14.7. The van der Waals surface area contributed by atoms with E-state index in [0.29, 0.717) is 66.3 Å². The Morgan fingerprint density at radius 1 is 0.800 bits per heavy atom. The summed E-state index contributed by atoms with van der Waals surface area (Å²) in [5, 5.41) is 9.23. The quantitative estimate of drug-likeness (QED) is 0.151. The molecule has 0 bridgehead atoms. The maximum atomic E-state index is 13.9. The smallest absolute Gasteiger partial charge is 0.255 e. The molecule has 7 rings (SSSR count). The SMILES string of the molecule is COCCNC(=O)C1CCCN(C(=O)c2cccc(C(=O)Nc3ccc(N4CCCCC4)cc3-c3cc(C(=O)NC4CCCc5ccccc54)ccn3)c2)C1. The number of rotatable bonds is 11. The van der Waals surface area contributed by atoms with Crippen LogP contribution in [0.4, 0.5) is 11.4 Å². The van der Waals surface area contributed by atoms with Crippen molar-refractivity contribution in [3.63, 3.8) is 0 Å². The second-order valence-corrected chi connectivity index (χ2v) is 14.7. The average Bonchev–Trinajstić information content (AvgIpc) is 3.24. The summed E-state index contributed by atoms with van der Waals surface area (Å²) in [6.07, 6.45) is 9.40. The van der Waals surface area contributed by atoms with Gasteiger partial charge in [-0.1, -0.05) is 30.3 Å². The number of carbonyl (C=O) groups excluding carboxylic acids is 4. The van der Waals surface area contributed by atoms with Crippen LogP contribution < -0.4 is 20.9 Å². The monoisotopic (exact) mass is 742 g/mol. The fraction of sp³-hybridized carbons (Fsp3) is 0.386. The highest BCUT2D eigenvalue weighted by atomic mass is 16.5. The van der Waals surface area contributed by atoms with Crippen molar-refractivity contribution in [1.29, 1.82) is 0 Å². The third kappa shape index (κ3) is 9.05. The summed E-state index contributed by atoms with van der Waals surface area (Å²) in [5.74, 6) is -1.14. The van der Waals surface area contributed by atoms with Crippen LogP contribution in [0.2, 0.25) is 0 Å². The minimum Gasteiger partial charge on any atom is -0.383 e. The predicted molar refractivity (Wildman–Crippen MR) is 213 cm³/mol. The van der Waals surface area contributed by atoms with Crippen molar-refractivity contribution in [3.05, 3.63) is 113 Å². The average molecular weight is 743 g/mol. The molecule has 3 aliphatic rings. The molecule has 2 unspecified atom stereocenters. The molecule has 286 valence electrons. The summed E-state index contributed by atoms with van der Waals surface area (Å²) in [5.41, 5.74) is 6.50. The van der Waals surface area contributed by atoms with Gasteiger partial charge in [-0.2, -0.15) is 0 Å². The summed E-state index contributed by atoms with van der Waals surface area (Å²) >= 11 is 0. The van der Waals surface area contributed by atoms with Gasteiger partial charge in [0, 0.05) is 74.0 Å². The summed E-state index contributed by atoms with van der Waals surface area (Å²) in [7, 11) is 1.59. The van der Waals surface area contributed by atoms with Gasteiger partial charge in [0.05, 0.1) is 29.9 Å². The molecule has 0 saturated carbocycles. The number of hydrogen-bond acceptors (Lipinski definition) is 7. The first-order valence-corrected chi connectivity index (χ1v) is 19.6. The molecule has 2 aliphatic heterocycles. The maximum Gasteiger partial charge on any atom is 0.255 e. The zero-order valence-corrected chi connectivity index (χ0v) is 31.5. The number of benzene rings is 3. The van der Waals surface area contributed by atoms with Gasteiger partial charge in [0.2, 0.25) is 5.91 Å². The zero-order valence-electron chi connectivity index (χ0n) is 31.5. The van der Waals surface area contributed by atoms with E-state index in [4.69, 9.17) is 9.72 Å². The number of nitrogens with one attached hydrogen (secondary N) is 3. The van der Waals surface area contributed by atoms with E-state index in [-0.39, 0.29) is 35.6 Å². The third-order valence-corrected chi connectivity index (χ3v) is 11.0. The normalized spacial score (nSPS) is 18.2. The van der Waals surface area contributed by atoms with Crippen molar-refractivity contribution < 1.29 is 23.9 Å². The summed E-state index contributed by atoms with van der Waals surface area (Å²) < 4.78 is 5.04. The third-order valence-electron chi connectivity index (χ3n) is 11.0. The Kier molecular flexibility index (Phi) is 12.2. The van der Waals surface area contributed by atoms with Gasteiger partial charge in [0.15, 0.2) is 0 Å². The molecule has 3 heterocycles. The molecular weight excluding hydrogens is 693 g/mol. The van der Waals surface area contributed by atoms with Gasteiger partial charge in [0.1, 0.15) is 0 Å². The number of anilines is 2. The standard InChI is InChI=1S/C44H50N6O5/c1-55-25-21-46-41(51)34-14-9-24-50(29-34)44(54)33-13-7-12-31(26-33)42(52)48-39-18-17-35(49-22-5-2-6-23-49)28-37(39)40-27-32(19-20-45-40)43(53)47-38-16-8-11-30-10-3-4-15-36(30)38/h3-4,7,10,12-13,15,17-20,26-28,34,38H,2,5-6,8-9,11,14,16,21-25,29H2,1H3,(H,46,51)(H,47,53)(H,48,52). The van der Waals surface area contributed by atoms with Crippen molar-refractivity contribution in [2.75, 3.05) is 56.7 Å². The van der Waals surface area contributed by atoms with E-state index in [0.717, 1.165) is 57.3 Å². The Bertz CT molecular complexity index is 2030. The van der Waals surface area contributed by atoms with Crippen molar-refractivity contribution in [1.82, 2.24) is 20.5 Å². The minimum absolute atomic E-state index is 0.0593. The van der Waals surface area contributed by atoms with E-state index in [1.165, 1.54) is 17.5 Å². The number of amides is 4. The van der Waals surface area contributed by atoms with E-state index < -0.39 is 0 Å². The highest BCUT2D eigenvalue weighted by molar-refractivity contribution is 6.08. The molecular formula is C44H50N6O5. The highest BCUT2D eigenvalue weighted by Gasteiger charge is 2.29. The summed E-state index contributed by atoms with van der Waals surface area (Å²) in [6.45, 7) is 3.60. The molecule has 11 nitrogen and oxygen atoms in total. The zero-order chi connectivity index (χ0) is 38.1. The van der Waals surface area contributed by atoms with Gasteiger partial charge in [-0.05, 0) is 111 Å². The molecule has 2 atom stereocenters. The predicted octanol–water partition coefficient (Wildman–Crippen LogP) is 6.41. The van der Waals surface area contributed by atoms with Gasteiger partial charge in [-0.15, -0.1) is 0 Å². The Labute approximate surface area is 322 Å². The number of methoxy groups -OCH3 is 1. The van der Waals surface area contributed by atoms with Crippen LogP contribution in [0.1, 0.15) is 93.2 Å². The van der Waals surface area contributed by atoms with Crippen LogP contribution in [0.3, 0.4) is 0 Å². The topological polar surface area (TPSA) is 133 Å². The molecule has 4 aromatic rings. The number of hydrogen-bond donors (Lipinski definition) is 3. The van der Waals surface area contributed by atoms with Gasteiger partial charge in [0.25, 0.3) is 17.7 Å². The van der Waals surface area contributed by atoms with Gasteiger partial charge < -0.3 is 30.5 Å². The van der Waals surface area contributed by atoms with Crippen LogP contribution in [0.5, 0.6) is 0 Å². The Morgan fingerprint density at radius 3 is 2.47 bits per heavy atom. The fourth-order valence-corrected chi connectivity index (χ4v) is 8.03. The van der Waals surface area contributed by atoms with E-state index >= 15 is 0 Å². The first kappa shape index (κ1) is 37.8. The highest BCUT2D eigenvalue weighted by Crippen LogP contribution is 2.34. The van der Waals surface area contributed by atoms with E-state index in [1.807, 2.05) is 30.3 Å². The molecule has 4 amide bonds. The van der Waals surface area contributed by atoms with Crippen molar-refractivity contribution >= 4 is 35.0 Å². The lowest BCUT2D eigenvalue weighted by atomic mass is 9.87. The number of pyridine rings is 1. The van der Waals surface area contributed by atoms with E-state index in [9.17, 15) is 19.2 Å². The number of likely N-dealkylation sites (tertiary alicyclic amines) is 1. The van der Waals surface area contributed by atoms with Gasteiger partial charge >= 0.3 is 0 Å². The van der Waals surface area contributed by atoms with Gasteiger partial charge in [-0.25, -0.2) is 0 Å². The van der Waals surface area contributed by atoms with Crippen LogP contribution in [-0.2, 0) is 16.0 Å². The number of aryl methyl sites for hydroxylation is 1.